The molecule has 10 nitrogen and oxygen atoms in total. The summed E-state index contributed by atoms with van der Waals surface area (Å²) in [5, 5.41) is 32.8. The summed E-state index contributed by atoms with van der Waals surface area (Å²) in [6.45, 7) is 2.01. The van der Waals surface area contributed by atoms with Gasteiger partial charge in [-0.25, -0.2) is 0 Å². The second-order valence-corrected chi connectivity index (χ2v) is 9.31. The fraction of sp³-hybridized carbons (Fsp3) is 0.333. The summed E-state index contributed by atoms with van der Waals surface area (Å²) in [6, 6.07) is 3.82. The summed E-state index contributed by atoms with van der Waals surface area (Å²) < 4.78 is 0. The molecule has 0 spiro atoms. The highest BCUT2D eigenvalue weighted by Crippen LogP contribution is 2.30. The van der Waals surface area contributed by atoms with E-state index < -0.39 is 29.9 Å². The minimum Gasteiger partial charge on any atom is -0.481 e. The third-order valence-corrected chi connectivity index (χ3v) is 6.37. The van der Waals surface area contributed by atoms with Crippen molar-refractivity contribution in [1.29, 1.82) is 0 Å². The molecular weight excluding hydrogens is 505 g/mol. The zero-order chi connectivity index (χ0) is 24.8. The first-order chi connectivity index (χ1) is 16.1. The number of carboxylic acid groups (broad SMARTS) is 1. The molecule has 0 saturated carbocycles. The summed E-state index contributed by atoms with van der Waals surface area (Å²) in [5.41, 5.74) is 1.43. The molecule has 6 N–H and O–H groups in total. The maximum atomic E-state index is 12.5. The maximum Gasteiger partial charge on any atom is 0.305 e. The minimum atomic E-state index is -1.12. The number of carbonyl (C=O) groups is 3. The number of nitrogens with zero attached hydrogens (tertiary/aromatic N) is 1. The van der Waals surface area contributed by atoms with Crippen molar-refractivity contribution >= 4 is 63.3 Å². The zero-order valence-electron chi connectivity index (χ0n) is 18.0. The van der Waals surface area contributed by atoms with Crippen LogP contribution >= 0.6 is 34.5 Å². The van der Waals surface area contributed by atoms with Gasteiger partial charge in [0.05, 0.1) is 42.2 Å². The van der Waals surface area contributed by atoms with Crippen LogP contribution in [0.2, 0.25) is 10.0 Å². The lowest BCUT2D eigenvalue weighted by atomic mass is 9.98. The van der Waals surface area contributed by atoms with E-state index in [4.69, 9.17) is 23.2 Å². The van der Waals surface area contributed by atoms with E-state index in [1.54, 1.807) is 24.4 Å². The molecule has 1 aliphatic rings. The van der Waals surface area contributed by atoms with Crippen molar-refractivity contribution in [2.45, 2.75) is 25.5 Å². The standard InChI is InChI=1S/C21H23Cl2N5O5S/c1-10-14(3-12(22)4-15(10)23)16(5-19(31)32)27-17(30)8-24-20(33)11-2-18(34-9-11)28-21-25-6-13(29)7-26-21/h2-4,9,13,16,29H,5-8H2,1H3,(H,24,33)(H,27,30)(H,31,32)(H2,25,26,28)/t16-/m0/s1. The maximum absolute atomic E-state index is 12.5. The van der Waals surface area contributed by atoms with Crippen molar-refractivity contribution in [2.24, 2.45) is 4.99 Å². The summed E-state index contributed by atoms with van der Waals surface area (Å²) in [6.07, 6.45) is -0.914. The fourth-order valence-corrected chi connectivity index (χ4v) is 4.49. The number of anilines is 1. The number of thiophene rings is 1. The van der Waals surface area contributed by atoms with Crippen molar-refractivity contribution in [3.63, 3.8) is 0 Å². The number of rotatable bonds is 8. The van der Waals surface area contributed by atoms with Gasteiger partial charge in [-0.2, -0.15) is 0 Å². The normalized spacial score (nSPS) is 16.1. The van der Waals surface area contributed by atoms with Crippen LogP contribution < -0.4 is 21.3 Å². The van der Waals surface area contributed by atoms with Gasteiger partial charge >= 0.3 is 5.97 Å². The summed E-state index contributed by atoms with van der Waals surface area (Å²) >= 11 is 13.5. The monoisotopic (exact) mass is 527 g/mol. The van der Waals surface area contributed by atoms with Crippen LogP contribution in [-0.2, 0) is 9.59 Å². The van der Waals surface area contributed by atoms with Crippen molar-refractivity contribution in [3.05, 3.63) is 50.3 Å². The van der Waals surface area contributed by atoms with E-state index in [1.807, 2.05) is 0 Å². The Morgan fingerprint density at radius 3 is 2.74 bits per heavy atom. The first-order valence-corrected chi connectivity index (χ1v) is 11.8. The molecule has 2 atom stereocenters. The van der Waals surface area contributed by atoms with Crippen LogP contribution in [0.25, 0.3) is 0 Å². The Kier molecular flexibility index (Phi) is 8.72. The number of nitrogens with one attached hydrogen (secondary N) is 4. The van der Waals surface area contributed by atoms with Gasteiger partial charge in [-0.05, 0) is 36.2 Å². The molecule has 1 aromatic carbocycles. The van der Waals surface area contributed by atoms with Gasteiger partial charge in [0.1, 0.15) is 0 Å². The molecule has 2 heterocycles. The van der Waals surface area contributed by atoms with E-state index in [2.05, 4.69) is 26.3 Å². The number of hydrogen-bond donors (Lipinski definition) is 6. The van der Waals surface area contributed by atoms with Gasteiger partial charge in [-0.1, -0.05) is 23.2 Å². The topological polar surface area (TPSA) is 152 Å². The lowest BCUT2D eigenvalue weighted by Gasteiger charge is -2.20. The third kappa shape index (κ3) is 7.07. The van der Waals surface area contributed by atoms with Gasteiger partial charge in [-0.15, -0.1) is 11.3 Å². The van der Waals surface area contributed by atoms with Gasteiger partial charge in [0.25, 0.3) is 5.91 Å². The molecule has 0 saturated heterocycles. The number of hydrogen-bond acceptors (Lipinski definition) is 8. The van der Waals surface area contributed by atoms with Gasteiger partial charge in [0, 0.05) is 22.0 Å². The number of benzene rings is 1. The molecule has 2 aromatic rings. The Hall–Kier alpha value is -2.86. The Balaban J connectivity index is 1.58. The average molecular weight is 528 g/mol. The average Bonchev–Trinajstić information content (AvgIpc) is 3.24. The van der Waals surface area contributed by atoms with Gasteiger partial charge in [0.2, 0.25) is 5.91 Å². The Morgan fingerprint density at radius 1 is 1.29 bits per heavy atom. The van der Waals surface area contributed by atoms with E-state index in [1.165, 1.54) is 17.4 Å². The van der Waals surface area contributed by atoms with E-state index >= 15 is 0 Å². The second kappa shape index (κ2) is 11.5. The molecule has 3 rings (SSSR count). The first-order valence-electron chi connectivity index (χ1n) is 10.2. The van der Waals surface area contributed by atoms with Crippen LogP contribution in [0.3, 0.4) is 0 Å². The number of aliphatic hydroxyl groups excluding tert-OH is 1. The number of aliphatic carboxylic acids is 1. The largest absolute Gasteiger partial charge is 0.481 e. The van der Waals surface area contributed by atoms with Crippen molar-refractivity contribution < 1.29 is 24.6 Å². The number of carboxylic acids is 1. The van der Waals surface area contributed by atoms with Gasteiger partial charge in [0.15, 0.2) is 5.96 Å². The van der Waals surface area contributed by atoms with Crippen molar-refractivity contribution in [3.8, 4) is 0 Å². The van der Waals surface area contributed by atoms with E-state index in [0.29, 0.717) is 44.2 Å². The highest BCUT2D eigenvalue weighted by molar-refractivity contribution is 7.14. The van der Waals surface area contributed by atoms with Crippen LogP contribution in [0.5, 0.6) is 0 Å². The number of carbonyl (C=O) groups excluding carboxylic acids is 2. The predicted molar refractivity (Wildman–Crippen MR) is 131 cm³/mol. The Labute approximate surface area is 209 Å². The van der Waals surface area contributed by atoms with Crippen molar-refractivity contribution in [2.75, 3.05) is 25.0 Å². The molecule has 0 radical (unpaired) electrons. The number of guanidine groups is 1. The van der Waals surface area contributed by atoms with Crippen LogP contribution in [0, 0.1) is 6.92 Å². The van der Waals surface area contributed by atoms with E-state index in [0.717, 1.165) is 0 Å². The molecule has 1 aromatic heterocycles. The zero-order valence-corrected chi connectivity index (χ0v) is 20.4. The highest BCUT2D eigenvalue weighted by Gasteiger charge is 2.22. The predicted octanol–water partition coefficient (Wildman–Crippen LogP) is 2.16. The number of amides is 2. The molecule has 0 fully saturated rings. The first kappa shape index (κ1) is 25.8. The van der Waals surface area contributed by atoms with Crippen LogP contribution in [-0.4, -0.2) is 59.7 Å². The lowest BCUT2D eigenvalue weighted by molar-refractivity contribution is -0.137. The molecule has 1 unspecified atom stereocenters. The SMILES string of the molecule is Cc1c(Cl)cc(Cl)cc1[C@H](CC(=O)O)NC(=O)CNC(=O)c1csc(NC2=NCC(O)CN2)c1. The molecule has 34 heavy (non-hydrogen) atoms. The lowest BCUT2D eigenvalue weighted by Crippen LogP contribution is -2.42. The number of β-amino-alcohol motifs (C(OH)–C–C–N with tert-alkyl or cyclic N) is 1. The van der Waals surface area contributed by atoms with Crippen molar-refractivity contribution in [1.82, 2.24) is 16.0 Å². The highest BCUT2D eigenvalue weighted by atomic mass is 35.5. The Morgan fingerprint density at radius 2 is 2.06 bits per heavy atom. The number of halogens is 2. The molecule has 0 bridgehead atoms. The minimum absolute atomic E-state index is 0.285. The molecule has 2 amide bonds. The molecule has 0 aliphatic carbocycles. The van der Waals surface area contributed by atoms with Crippen LogP contribution in [0.4, 0.5) is 5.00 Å². The number of aliphatic hydroxyl groups is 1. The molecular formula is C21H23Cl2N5O5S. The van der Waals surface area contributed by atoms with Gasteiger partial charge in [-0.3, -0.25) is 19.4 Å². The van der Waals surface area contributed by atoms with E-state index in [-0.39, 0.29) is 19.5 Å². The molecule has 13 heteroatoms. The second-order valence-electron chi connectivity index (χ2n) is 7.55. The molecule has 1 aliphatic heterocycles. The smallest absolute Gasteiger partial charge is 0.305 e. The quantitative estimate of drug-likeness (QED) is 0.307. The molecule has 182 valence electrons. The summed E-state index contributed by atoms with van der Waals surface area (Å²) in [4.78, 5) is 40.4. The van der Waals surface area contributed by atoms with Gasteiger partial charge < -0.3 is 31.5 Å². The Bertz CT molecular complexity index is 1120. The van der Waals surface area contributed by atoms with Crippen LogP contribution in [0.15, 0.2) is 28.6 Å². The van der Waals surface area contributed by atoms with E-state index in [9.17, 15) is 24.6 Å². The summed E-state index contributed by atoms with van der Waals surface area (Å²) in [7, 11) is 0. The fourth-order valence-electron chi connectivity index (χ4n) is 3.20. The van der Waals surface area contributed by atoms with Crippen LogP contribution in [0.1, 0.15) is 33.9 Å². The summed E-state index contributed by atoms with van der Waals surface area (Å²) in [5.74, 6) is -1.65. The number of aliphatic imine (C=N–C) groups is 1. The third-order valence-electron chi connectivity index (χ3n) is 4.92.